The summed E-state index contributed by atoms with van der Waals surface area (Å²) in [6.07, 6.45) is 6.18. The molecule has 0 unspecified atom stereocenters. The first-order valence-electron chi connectivity index (χ1n) is 9.68. The number of amides is 2. The Kier molecular flexibility index (Phi) is 5.10. The van der Waals surface area contributed by atoms with E-state index in [1.165, 1.54) is 12.8 Å². The molecule has 5 nitrogen and oxygen atoms in total. The van der Waals surface area contributed by atoms with Gasteiger partial charge in [-0.15, -0.1) is 0 Å². The van der Waals surface area contributed by atoms with Gasteiger partial charge in [0.05, 0.1) is 11.8 Å². The quantitative estimate of drug-likeness (QED) is 0.856. The molecule has 0 aromatic heterocycles. The molecule has 5 heteroatoms. The highest BCUT2D eigenvalue weighted by Crippen LogP contribution is 2.30. The first kappa shape index (κ1) is 17.6. The summed E-state index contributed by atoms with van der Waals surface area (Å²) in [6.45, 7) is 0.710. The van der Waals surface area contributed by atoms with Crippen molar-refractivity contribution in [3.05, 3.63) is 54.1 Å². The van der Waals surface area contributed by atoms with Gasteiger partial charge in [-0.05, 0) is 62.4 Å². The predicted molar refractivity (Wildman–Crippen MR) is 105 cm³/mol. The SMILES string of the molecule is O=C(Nc1ccccc1OC1CCCC1)c1cccc(N2CCCC2=O)c1. The second kappa shape index (κ2) is 7.82. The van der Waals surface area contributed by atoms with Gasteiger partial charge >= 0.3 is 0 Å². The standard InChI is InChI=1S/C22H24N2O3/c25-21-13-6-14-24(21)17-8-5-7-16(15-17)22(26)23-19-11-3-4-12-20(19)27-18-9-1-2-10-18/h3-5,7-8,11-12,15,18H,1-2,6,9-10,13-14H2,(H,23,26). The van der Waals surface area contributed by atoms with Crippen molar-refractivity contribution in [1.29, 1.82) is 0 Å². The molecule has 1 aliphatic heterocycles. The fraction of sp³-hybridized carbons (Fsp3) is 0.364. The lowest BCUT2D eigenvalue weighted by molar-refractivity contribution is -0.117. The Bertz CT molecular complexity index is 843. The summed E-state index contributed by atoms with van der Waals surface area (Å²) in [5, 5.41) is 2.96. The van der Waals surface area contributed by atoms with E-state index in [0.717, 1.165) is 24.9 Å². The smallest absolute Gasteiger partial charge is 0.255 e. The molecule has 140 valence electrons. The highest BCUT2D eigenvalue weighted by atomic mass is 16.5. The van der Waals surface area contributed by atoms with E-state index in [2.05, 4.69) is 5.32 Å². The molecule has 0 bridgehead atoms. The van der Waals surface area contributed by atoms with E-state index in [-0.39, 0.29) is 17.9 Å². The van der Waals surface area contributed by atoms with Crippen LogP contribution in [0.5, 0.6) is 5.75 Å². The fourth-order valence-electron chi connectivity index (χ4n) is 3.79. The van der Waals surface area contributed by atoms with Crippen LogP contribution < -0.4 is 15.0 Å². The number of nitrogens with one attached hydrogen (secondary N) is 1. The van der Waals surface area contributed by atoms with E-state index in [9.17, 15) is 9.59 Å². The van der Waals surface area contributed by atoms with E-state index in [1.54, 1.807) is 17.0 Å². The highest BCUT2D eigenvalue weighted by molar-refractivity contribution is 6.06. The number of anilines is 2. The van der Waals surface area contributed by atoms with Crippen molar-refractivity contribution < 1.29 is 14.3 Å². The Hall–Kier alpha value is -2.82. The maximum atomic E-state index is 12.8. The van der Waals surface area contributed by atoms with Gasteiger partial charge in [-0.3, -0.25) is 9.59 Å². The molecule has 4 rings (SSSR count). The minimum absolute atomic E-state index is 0.114. The average Bonchev–Trinajstić information content (AvgIpc) is 3.35. The van der Waals surface area contributed by atoms with E-state index in [1.807, 2.05) is 36.4 Å². The van der Waals surface area contributed by atoms with E-state index < -0.39 is 0 Å². The average molecular weight is 364 g/mol. The number of nitrogens with zero attached hydrogens (tertiary/aromatic N) is 1. The number of hydrogen-bond acceptors (Lipinski definition) is 3. The molecule has 1 heterocycles. The van der Waals surface area contributed by atoms with Crippen LogP contribution in [0.25, 0.3) is 0 Å². The summed E-state index contributed by atoms with van der Waals surface area (Å²) in [5.74, 6) is 0.623. The molecule has 1 N–H and O–H groups in total. The van der Waals surface area contributed by atoms with Crippen molar-refractivity contribution in [3.8, 4) is 5.75 Å². The van der Waals surface area contributed by atoms with Crippen LogP contribution in [0.15, 0.2) is 48.5 Å². The number of hydrogen-bond donors (Lipinski definition) is 1. The Morgan fingerprint density at radius 3 is 2.63 bits per heavy atom. The van der Waals surface area contributed by atoms with Crippen molar-refractivity contribution >= 4 is 23.2 Å². The van der Waals surface area contributed by atoms with Gasteiger partial charge in [0, 0.05) is 24.2 Å². The van der Waals surface area contributed by atoms with Gasteiger partial charge in [0.1, 0.15) is 5.75 Å². The van der Waals surface area contributed by atoms with Crippen LogP contribution in [0.4, 0.5) is 11.4 Å². The Morgan fingerprint density at radius 2 is 1.85 bits per heavy atom. The number of benzene rings is 2. The number of rotatable bonds is 5. The second-order valence-electron chi connectivity index (χ2n) is 7.17. The first-order valence-corrected chi connectivity index (χ1v) is 9.68. The lowest BCUT2D eigenvalue weighted by Gasteiger charge is -2.18. The maximum Gasteiger partial charge on any atom is 0.255 e. The van der Waals surface area contributed by atoms with E-state index >= 15 is 0 Å². The van der Waals surface area contributed by atoms with Gasteiger partial charge < -0.3 is 15.0 Å². The molecule has 2 aromatic rings. The number of ether oxygens (including phenoxy) is 1. The molecule has 2 aliphatic rings. The normalized spacial score (nSPS) is 17.3. The maximum absolute atomic E-state index is 12.8. The van der Waals surface area contributed by atoms with Gasteiger partial charge in [-0.1, -0.05) is 18.2 Å². The van der Waals surface area contributed by atoms with Crippen molar-refractivity contribution in [2.75, 3.05) is 16.8 Å². The van der Waals surface area contributed by atoms with Crippen LogP contribution in [0.2, 0.25) is 0 Å². The van der Waals surface area contributed by atoms with E-state index in [4.69, 9.17) is 4.74 Å². The first-order chi connectivity index (χ1) is 13.2. The molecule has 27 heavy (non-hydrogen) atoms. The third-order valence-corrected chi connectivity index (χ3v) is 5.22. The Morgan fingerprint density at radius 1 is 1.04 bits per heavy atom. The van der Waals surface area contributed by atoms with Gasteiger partial charge in [0.15, 0.2) is 0 Å². The number of carbonyl (C=O) groups excluding carboxylic acids is 2. The summed E-state index contributed by atoms with van der Waals surface area (Å²) in [6, 6.07) is 14.8. The molecule has 1 saturated heterocycles. The van der Waals surface area contributed by atoms with Crippen molar-refractivity contribution in [1.82, 2.24) is 0 Å². The molecule has 1 aliphatic carbocycles. The van der Waals surface area contributed by atoms with Gasteiger partial charge in [-0.25, -0.2) is 0 Å². The molecule has 2 fully saturated rings. The van der Waals surface area contributed by atoms with Crippen molar-refractivity contribution in [3.63, 3.8) is 0 Å². The van der Waals surface area contributed by atoms with Crippen LogP contribution in [0, 0.1) is 0 Å². The Balaban J connectivity index is 1.50. The Labute approximate surface area is 159 Å². The zero-order valence-electron chi connectivity index (χ0n) is 15.3. The minimum atomic E-state index is -0.203. The van der Waals surface area contributed by atoms with Crippen LogP contribution in [-0.2, 0) is 4.79 Å². The molecular weight excluding hydrogens is 340 g/mol. The summed E-state index contributed by atoms with van der Waals surface area (Å²) in [7, 11) is 0. The molecule has 1 saturated carbocycles. The molecule has 0 spiro atoms. The van der Waals surface area contributed by atoms with Crippen LogP contribution in [-0.4, -0.2) is 24.5 Å². The largest absolute Gasteiger partial charge is 0.488 e. The fourth-order valence-corrected chi connectivity index (χ4v) is 3.79. The third-order valence-electron chi connectivity index (χ3n) is 5.22. The van der Waals surface area contributed by atoms with Crippen molar-refractivity contribution in [2.45, 2.75) is 44.6 Å². The summed E-state index contributed by atoms with van der Waals surface area (Å²) in [5.41, 5.74) is 1.99. The summed E-state index contributed by atoms with van der Waals surface area (Å²) in [4.78, 5) is 26.5. The van der Waals surface area contributed by atoms with Crippen LogP contribution in [0.3, 0.4) is 0 Å². The minimum Gasteiger partial charge on any atom is -0.488 e. The second-order valence-corrected chi connectivity index (χ2v) is 7.17. The number of carbonyl (C=O) groups is 2. The molecule has 0 radical (unpaired) electrons. The van der Waals surface area contributed by atoms with E-state index in [0.29, 0.717) is 30.0 Å². The zero-order valence-corrected chi connectivity index (χ0v) is 15.3. The summed E-state index contributed by atoms with van der Waals surface area (Å²) < 4.78 is 6.09. The molecule has 0 atom stereocenters. The van der Waals surface area contributed by atoms with Crippen LogP contribution >= 0.6 is 0 Å². The zero-order chi connectivity index (χ0) is 18.6. The topological polar surface area (TPSA) is 58.6 Å². The van der Waals surface area contributed by atoms with Gasteiger partial charge in [0.2, 0.25) is 5.91 Å². The van der Waals surface area contributed by atoms with Crippen molar-refractivity contribution in [2.24, 2.45) is 0 Å². The highest BCUT2D eigenvalue weighted by Gasteiger charge is 2.23. The van der Waals surface area contributed by atoms with Crippen LogP contribution in [0.1, 0.15) is 48.9 Å². The lowest BCUT2D eigenvalue weighted by atomic mass is 10.1. The van der Waals surface area contributed by atoms with Gasteiger partial charge in [-0.2, -0.15) is 0 Å². The lowest BCUT2D eigenvalue weighted by Crippen LogP contribution is -2.24. The summed E-state index contributed by atoms with van der Waals surface area (Å²) >= 11 is 0. The molecule has 2 amide bonds. The predicted octanol–water partition coefficient (Wildman–Crippen LogP) is 4.39. The van der Waals surface area contributed by atoms with Gasteiger partial charge in [0.25, 0.3) is 5.91 Å². The molecular formula is C22H24N2O3. The third kappa shape index (κ3) is 3.97. The monoisotopic (exact) mass is 364 g/mol. The number of para-hydroxylation sites is 2. The molecule has 2 aromatic carbocycles.